The zero-order valence-corrected chi connectivity index (χ0v) is 16.4. The van der Waals surface area contributed by atoms with Crippen LogP contribution in [-0.4, -0.2) is 81.9 Å². The summed E-state index contributed by atoms with van der Waals surface area (Å²) < 4.78 is 0. The second-order valence-corrected chi connectivity index (χ2v) is 8.80. The van der Waals surface area contributed by atoms with Crippen LogP contribution in [0.4, 0.5) is 0 Å². The van der Waals surface area contributed by atoms with Gasteiger partial charge in [-0.2, -0.15) is 0 Å². The molecule has 3 heterocycles. The Morgan fingerprint density at radius 3 is 2.70 bits per heavy atom. The van der Waals surface area contributed by atoms with Gasteiger partial charge < -0.3 is 25.3 Å². The van der Waals surface area contributed by atoms with E-state index in [1.54, 1.807) is 27.1 Å². The Hall–Kier alpha value is -1.84. The lowest BCUT2D eigenvalue weighted by Gasteiger charge is -2.44. The summed E-state index contributed by atoms with van der Waals surface area (Å²) in [5, 5.41) is 22.9. The number of carbonyl (C=O) groups excluding carboxylic acids is 2. The van der Waals surface area contributed by atoms with Crippen LogP contribution in [-0.2, 0) is 14.4 Å². The van der Waals surface area contributed by atoms with E-state index in [0.29, 0.717) is 17.9 Å². The summed E-state index contributed by atoms with van der Waals surface area (Å²) in [7, 11) is 3.39. The van der Waals surface area contributed by atoms with E-state index in [9.17, 15) is 24.6 Å². The van der Waals surface area contributed by atoms with Gasteiger partial charge in [0.2, 0.25) is 11.8 Å². The Kier molecular flexibility index (Phi) is 5.64. The number of carbonyl (C=O) groups is 3. The van der Waals surface area contributed by atoms with Crippen molar-refractivity contribution in [1.29, 1.82) is 0 Å². The number of aliphatic hydroxyl groups is 1. The van der Waals surface area contributed by atoms with Gasteiger partial charge in [-0.3, -0.25) is 9.59 Å². The molecule has 2 amide bonds. The van der Waals surface area contributed by atoms with E-state index in [-0.39, 0.29) is 34.8 Å². The van der Waals surface area contributed by atoms with Crippen LogP contribution in [0.15, 0.2) is 22.8 Å². The Morgan fingerprint density at radius 1 is 1.41 bits per heavy atom. The minimum Gasteiger partial charge on any atom is -0.477 e. The van der Waals surface area contributed by atoms with E-state index >= 15 is 0 Å². The van der Waals surface area contributed by atoms with Gasteiger partial charge in [0.15, 0.2) is 0 Å². The van der Waals surface area contributed by atoms with E-state index < -0.39 is 18.0 Å². The first-order valence-corrected chi connectivity index (χ1v) is 9.85. The summed E-state index contributed by atoms with van der Waals surface area (Å²) in [5.74, 6) is -2.01. The third-order valence-corrected chi connectivity index (χ3v) is 6.57. The molecule has 3 aliphatic heterocycles. The highest BCUT2D eigenvalue weighted by molar-refractivity contribution is 8.03. The Balaban J connectivity index is 1.65. The smallest absolute Gasteiger partial charge is 0.353 e. The minimum absolute atomic E-state index is 0.0607. The number of β-lactam (4-membered cyclic amide) rings is 1. The molecule has 0 spiro atoms. The standard InChI is InChI=1S/C18H25N3O5S/c1-9(22)15-12-7-13(16(18(25)26)21(12)17(15)24)27-11-6-10(19-8-11)4-5-14(23)20(2)3/h4-5,9-12,15,19,22H,6-8H2,1-3H3,(H,25,26)/b5-4+/t9-,10-,11+,12-,15-/m1/s1. The number of amides is 2. The van der Waals surface area contributed by atoms with Crippen LogP contribution in [0.1, 0.15) is 19.8 Å². The molecule has 3 N–H and O–H groups in total. The number of rotatable bonds is 6. The van der Waals surface area contributed by atoms with Crippen LogP contribution in [0, 0.1) is 5.92 Å². The van der Waals surface area contributed by atoms with Crippen molar-refractivity contribution in [2.24, 2.45) is 5.92 Å². The molecule has 8 nitrogen and oxygen atoms in total. The zero-order valence-electron chi connectivity index (χ0n) is 15.6. The number of thioether (sulfide) groups is 1. The molecule has 148 valence electrons. The SMILES string of the molecule is C[C@@H](O)[C@H]1C(=O)N2C(C(=O)O)=C(S[C@@H]3CN[C@H](/C=C/C(=O)N(C)C)C3)C[C@H]12. The lowest BCUT2D eigenvalue weighted by atomic mass is 9.83. The highest BCUT2D eigenvalue weighted by Crippen LogP contribution is 2.48. The normalized spacial score (nSPS) is 31.3. The molecule has 0 bridgehead atoms. The number of likely N-dealkylation sites (N-methyl/N-ethyl adjacent to an activating group) is 1. The highest BCUT2D eigenvalue weighted by Gasteiger charge is 2.57. The first-order valence-electron chi connectivity index (χ1n) is 8.97. The van der Waals surface area contributed by atoms with Crippen LogP contribution >= 0.6 is 11.8 Å². The number of carboxylic acid groups (broad SMARTS) is 1. The molecule has 2 saturated heterocycles. The van der Waals surface area contributed by atoms with E-state index in [4.69, 9.17) is 0 Å². The topological polar surface area (TPSA) is 110 Å². The molecule has 0 aromatic carbocycles. The fraction of sp³-hybridized carbons (Fsp3) is 0.611. The second-order valence-electron chi connectivity index (χ2n) is 7.41. The van der Waals surface area contributed by atoms with Crippen molar-refractivity contribution in [3.63, 3.8) is 0 Å². The van der Waals surface area contributed by atoms with Gasteiger partial charge in [0.05, 0.1) is 18.1 Å². The number of aliphatic hydroxyl groups excluding tert-OH is 1. The predicted octanol–water partition coefficient (Wildman–Crippen LogP) is 0.00220. The molecule has 0 aromatic heterocycles. The maximum Gasteiger partial charge on any atom is 0.353 e. The van der Waals surface area contributed by atoms with Gasteiger partial charge in [-0.25, -0.2) is 4.79 Å². The first kappa shape index (κ1) is 19.9. The summed E-state index contributed by atoms with van der Waals surface area (Å²) in [6.45, 7) is 2.27. The van der Waals surface area contributed by atoms with E-state index in [2.05, 4.69) is 5.32 Å². The first-order chi connectivity index (χ1) is 12.7. The zero-order chi connectivity index (χ0) is 19.9. The molecule has 0 aliphatic carbocycles. The van der Waals surface area contributed by atoms with Crippen molar-refractivity contribution in [3.05, 3.63) is 22.8 Å². The second kappa shape index (κ2) is 7.65. The minimum atomic E-state index is -1.10. The number of carboxylic acids is 1. The number of nitrogens with one attached hydrogen (secondary N) is 1. The van der Waals surface area contributed by atoms with Gasteiger partial charge >= 0.3 is 5.97 Å². The summed E-state index contributed by atoms with van der Waals surface area (Å²) in [4.78, 5) is 39.1. The molecule has 0 aromatic rings. The van der Waals surface area contributed by atoms with Crippen molar-refractivity contribution in [3.8, 4) is 0 Å². The van der Waals surface area contributed by atoms with Gasteiger partial charge in [-0.05, 0) is 13.3 Å². The van der Waals surface area contributed by atoms with Gasteiger partial charge in [0.25, 0.3) is 0 Å². The van der Waals surface area contributed by atoms with Gasteiger partial charge in [-0.15, -0.1) is 11.8 Å². The van der Waals surface area contributed by atoms with Crippen LogP contribution in [0.3, 0.4) is 0 Å². The number of hydrogen-bond acceptors (Lipinski definition) is 6. The highest BCUT2D eigenvalue weighted by atomic mass is 32.2. The van der Waals surface area contributed by atoms with Gasteiger partial charge in [0.1, 0.15) is 5.70 Å². The quantitative estimate of drug-likeness (QED) is 0.429. The third-order valence-electron chi connectivity index (χ3n) is 5.24. The van der Waals surface area contributed by atoms with Crippen molar-refractivity contribution in [1.82, 2.24) is 15.1 Å². The molecule has 0 saturated carbocycles. The van der Waals surface area contributed by atoms with Crippen molar-refractivity contribution >= 4 is 29.5 Å². The van der Waals surface area contributed by atoms with Crippen LogP contribution in [0.2, 0.25) is 0 Å². The lowest BCUT2D eigenvalue weighted by molar-refractivity contribution is -0.161. The summed E-state index contributed by atoms with van der Waals surface area (Å²) in [6.07, 6.45) is 3.85. The van der Waals surface area contributed by atoms with Crippen molar-refractivity contribution < 1.29 is 24.6 Å². The Labute approximate surface area is 162 Å². The number of fused-ring (bicyclic) bond motifs is 1. The molecular formula is C18H25N3O5S. The summed E-state index contributed by atoms with van der Waals surface area (Å²) >= 11 is 1.49. The summed E-state index contributed by atoms with van der Waals surface area (Å²) in [6, 6.07) is -0.195. The molecular weight excluding hydrogens is 370 g/mol. The molecule has 5 atom stereocenters. The number of aliphatic carboxylic acids is 1. The molecule has 0 unspecified atom stereocenters. The number of nitrogens with zero attached hydrogens (tertiary/aromatic N) is 2. The average Bonchev–Trinajstić information content (AvgIpc) is 3.15. The van der Waals surface area contributed by atoms with Crippen molar-refractivity contribution in [2.75, 3.05) is 20.6 Å². The fourth-order valence-corrected chi connectivity index (χ4v) is 5.30. The fourth-order valence-electron chi connectivity index (χ4n) is 3.85. The number of hydrogen-bond donors (Lipinski definition) is 3. The Morgan fingerprint density at radius 2 is 2.11 bits per heavy atom. The predicted molar refractivity (Wildman–Crippen MR) is 101 cm³/mol. The molecule has 3 rings (SSSR count). The molecule has 9 heteroatoms. The van der Waals surface area contributed by atoms with Crippen LogP contribution in [0.25, 0.3) is 0 Å². The largest absolute Gasteiger partial charge is 0.477 e. The van der Waals surface area contributed by atoms with E-state index in [0.717, 1.165) is 6.42 Å². The summed E-state index contributed by atoms with van der Waals surface area (Å²) in [5.41, 5.74) is 0.0636. The van der Waals surface area contributed by atoms with Crippen molar-refractivity contribution in [2.45, 2.75) is 43.2 Å². The molecule has 2 fully saturated rings. The van der Waals surface area contributed by atoms with Crippen LogP contribution in [0.5, 0.6) is 0 Å². The van der Waals surface area contributed by atoms with Gasteiger partial charge in [0, 0.05) is 49.3 Å². The lowest BCUT2D eigenvalue weighted by Crippen LogP contribution is -2.61. The average molecular weight is 395 g/mol. The monoisotopic (exact) mass is 395 g/mol. The van der Waals surface area contributed by atoms with Crippen LogP contribution < -0.4 is 5.32 Å². The maximum absolute atomic E-state index is 12.2. The van der Waals surface area contributed by atoms with Gasteiger partial charge in [-0.1, -0.05) is 6.08 Å². The van der Waals surface area contributed by atoms with E-state index in [1.165, 1.54) is 21.6 Å². The maximum atomic E-state index is 12.2. The third kappa shape index (κ3) is 3.76. The molecule has 0 radical (unpaired) electrons. The molecule has 3 aliphatic rings. The Bertz CT molecular complexity index is 718. The van der Waals surface area contributed by atoms with E-state index in [1.807, 2.05) is 6.08 Å². The molecule has 27 heavy (non-hydrogen) atoms.